The van der Waals surface area contributed by atoms with Crippen molar-refractivity contribution in [2.45, 2.75) is 46.1 Å². The van der Waals surface area contributed by atoms with Crippen LogP contribution in [0.25, 0.3) is 0 Å². The molecule has 0 saturated heterocycles. The highest BCUT2D eigenvalue weighted by Gasteiger charge is 2.17. The highest BCUT2D eigenvalue weighted by molar-refractivity contribution is 5.87. The van der Waals surface area contributed by atoms with E-state index in [2.05, 4.69) is 51.3 Å². The van der Waals surface area contributed by atoms with Gasteiger partial charge in [0.1, 0.15) is 6.10 Å². The third-order valence-corrected chi connectivity index (χ3v) is 4.69. The van der Waals surface area contributed by atoms with Crippen LogP contribution in [0.1, 0.15) is 40.0 Å². The minimum atomic E-state index is -0.326. The number of esters is 1. The number of hydrogen-bond acceptors (Lipinski definition) is 2. The Labute approximate surface area is 146 Å². The molecule has 0 aliphatic heterocycles. The van der Waals surface area contributed by atoms with Crippen molar-refractivity contribution in [3.05, 3.63) is 71.9 Å². The van der Waals surface area contributed by atoms with Gasteiger partial charge >= 0.3 is 5.97 Å². The average molecular weight is 324 g/mol. The van der Waals surface area contributed by atoms with Crippen molar-refractivity contribution in [3.63, 3.8) is 0 Å². The predicted molar refractivity (Wildman–Crippen MR) is 100 cm³/mol. The fourth-order valence-corrected chi connectivity index (χ4v) is 2.85. The van der Waals surface area contributed by atoms with Crippen LogP contribution in [-0.4, -0.2) is 12.1 Å². The van der Waals surface area contributed by atoms with E-state index in [1.807, 2.05) is 12.2 Å². The largest absolute Gasteiger partial charge is 0.454 e. The lowest BCUT2D eigenvalue weighted by atomic mass is 9.84. The van der Waals surface area contributed by atoms with Gasteiger partial charge in [-0.1, -0.05) is 56.0 Å². The number of carbonyl (C=O) groups excluding carboxylic acids is 1. The summed E-state index contributed by atoms with van der Waals surface area (Å²) < 4.78 is 5.36. The predicted octanol–water partition coefficient (Wildman–Crippen LogP) is 5.47. The van der Waals surface area contributed by atoms with Crippen molar-refractivity contribution in [1.29, 1.82) is 0 Å². The summed E-state index contributed by atoms with van der Waals surface area (Å²) >= 11 is 0. The first-order chi connectivity index (χ1) is 11.4. The first-order valence-electron chi connectivity index (χ1n) is 8.65. The number of allylic oxidation sites excluding steroid dienone is 7. The zero-order valence-corrected chi connectivity index (χ0v) is 15.0. The van der Waals surface area contributed by atoms with E-state index in [-0.39, 0.29) is 12.1 Å². The Bertz CT molecular complexity index is 643. The maximum atomic E-state index is 11.6. The first kappa shape index (κ1) is 18.3. The van der Waals surface area contributed by atoms with Gasteiger partial charge in [-0.05, 0) is 55.7 Å². The maximum Gasteiger partial charge on any atom is 0.333 e. The van der Waals surface area contributed by atoms with Crippen LogP contribution >= 0.6 is 0 Å². The van der Waals surface area contributed by atoms with Crippen molar-refractivity contribution in [1.82, 2.24) is 0 Å². The molecule has 2 nitrogen and oxygen atoms in total. The normalized spacial score (nSPS) is 24.0. The van der Waals surface area contributed by atoms with E-state index in [1.54, 1.807) is 6.92 Å². The van der Waals surface area contributed by atoms with Gasteiger partial charge in [-0.15, -0.1) is 0 Å². The van der Waals surface area contributed by atoms with Gasteiger partial charge in [0.25, 0.3) is 0 Å². The van der Waals surface area contributed by atoms with Crippen LogP contribution in [0.3, 0.4) is 0 Å². The monoisotopic (exact) mass is 324 g/mol. The fraction of sp³-hybridized carbons (Fsp3) is 0.409. The topological polar surface area (TPSA) is 26.3 Å². The van der Waals surface area contributed by atoms with Crippen LogP contribution in [-0.2, 0) is 9.53 Å². The van der Waals surface area contributed by atoms with Crippen LogP contribution < -0.4 is 0 Å². The molecule has 2 heteroatoms. The van der Waals surface area contributed by atoms with Crippen molar-refractivity contribution in [2.75, 3.05) is 0 Å². The van der Waals surface area contributed by atoms with E-state index in [0.717, 1.165) is 12.8 Å². The molecule has 2 rings (SSSR count). The lowest BCUT2D eigenvalue weighted by Gasteiger charge is -2.22. The first-order valence-corrected chi connectivity index (χ1v) is 8.65. The zero-order valence-electron chi connectivity index (χ0n) is 15.0. The van der Waals surface area contributed by atoms with Crippen LogP contribution in [0.15, 0.2) is 71.9 Å². The van der Waals surface area contributed by atoms with Crippen LogP contribution in [0.5, 0.6) is 0 Å². The number of carbonyl (C=O) groups is 1. The molecule has 0 bridgehead atoms. The lowest BCUT2D eigenvalue weighted by Crippen LogP contribution is -2.17. The van der Waals surface area contributed by atoms with Gasteiger partial charge in [0.2, 0.25) is 0 Å². The summed E-state index contributed by atoms with van der Waals surface area (Å²) in [7, 11) is 0. The maximum absolute atomic E-state index is 11.6. The van der Waals surface area contributed by atoms with Gasteiger partial charge in [-0.3, -0.25) is 0 Å². The van der Waals surface area contributed by atoms with Crippen molar-refractivity contribution in [3.8, 4) is 0 Å². The third-order valence-electron chi connectivity index (χ3n) is 4.69. The molecular weight excluding hydrogens is 296 g/mol. The number of hydrogen-bond donors (Lipinski definition) is 0. The summed E-state index contributed by atoms with van der Waals surface area (Å²) in [6.07, 6.45) is 15.8. The molecule has 0 amide bonds. The highest BCUT2D eigenvalue weighted by atomic mass is 16.5. The number of ether oxygens (including phenoxy) is 1. The molecule has 0 saturated carbocycles. The summed E-state index contributed by atoms with van der Waals surface area (Å²) in [5, 5.41) is 0. The second-order valence-corrected chi connectivity index (χ2v) is 6.98. The van der Waals surface area contributed by atoms with Gasteiger partial charge < -0.3 is 4.74 Å². The molecule has 2 aliphatic carbocycles. The van der Waals surface area contributed by atoms with Crippen LogP contribution in [0, 0.1) is 11.8 Å². The molecule has 0 aromatic heterocycles. The minimum absolute atomic E-state index is 0.185. The quantitative estimate of drug-likeness (QED) is 0.368. The third kappa shape index (κ3) is 4.95. The molecule has 2 aliphatic rings. The van der Waals surface area contributed by atoms with E-state index >= 15 is 0 Å². The summed E-state index contributed by atoms with van der Waals surface area (Å²) in [6.45, 7) is 13.7. The fourth-order valence-electron chi connectivity index (χ4n) is 2.85. The molecule has 0 aromatic rings. The van der Waals surface area contributed by atoms with Crippen molar-refractivity contribution < 1.29 is 9.53 Å². The Balaban J connectivity index is 1.88. The molecule has 0 fully saturated rings. The van der Waals surface area contributed by atoms with Gasteiger partial charge in [-0.25, -0.2) is 4.79 Å². The Kier molecular flexibility index (Phi) is 6.19. The van der Waals surface area contributed by atoms with E-state index in [0.29, 0.717) is 23.8 Å². The van der Waals surface area contributed by atoms with Gasteiger partial charge in [0, 0.05) is 12.0 Å². The Morgan fingerprint density at radius 3 is 2.25 bits per heavy atom. The van der Waals surface area contributed by atoms with Crippen LogP contribution in [0.4, 0.5) is 0 Å². The van der Waals surface area contributed by atoms with Gasteiger partial charge in [-0.2, -0.15) is 0 Å². The second-order valence-electron chi connectivity index (χ2n) is 6.98. The second kappa shape index (κ2) is 8.14. The Morgan fingerprint density at radius 2 is 1.79 bits per heavy atom. The molecule has 0 spiro atoms. The molecule has 2 unspecified atom stereocenters. The molecule has 0 N–H and O–H groups in total. The summed E-state index contributed by atoms with van der Waals surface area (Å²) in [4.78, 5) is 11.6. The molecule has 24 heavy (non-hydrogen) atoms. The van der Waals surface area contributed by atoms with E-state index < -0.39 is 0 Å². The minimum Gasteiger partial charge on any atom is -0.454 e. The summed E-state index contributed by atoms with van der Waals surface area (Å²) in [5.41, 5.74) is 4.16. The summed E-state index contributed by atoms with van der Waals surface area (Å²) in [6, 6.07) is 0. The van der Waals surface area contributed by atoms with E-state index in [4.69, 9.17) is 4.74 Å². The smallest absolute Gasteiger partial charge is 0.333 e. The molecule has 0 radical (unpaired) electrons. The van der Waals surface area contributed by atoms with Crippen molar-refractivity contribution >= 4 is 5.97 Å². The zero-order chi connectivity index (χ0) is 17.7. The SMILES string of the molecule is C=C(C)C(=O)OC1C=CC(C2=CC[C@@H](CC(C)C(=C)C)C=C2)=CC1. The molecule has 128 valence electrons. The van der Waals surface area contributed by atoms with E-state index in [1.165, 1.54) is 16.7 Å². The van der Waals surface area contributed by atoms with Crippen molar-refractivity contribution in [2.24, 2.45) is 11.8 Å². The highest BCUT2D eigenvalue weighted by Crippen LogP contribution is 2.30. The standard InChI is InChI=1S/C22H28O2/c1-15(2)17(5)14-18-6-8-19(9-7-18)20-10-12-21(13-11-20)24-22(23)16(3)4/h6,8-12,17-18,21H,1,3,7,13-14H2,2,4-5H3/t17?,18-,21?/m0/s1. The average Bonchev–Trinajstić information content (AvgIpc) is 2.56. The number of rotatable bonds is 6. The summed E-state index contributed by atoms with van der Waals surface area (Å²) in [5.74, 6) is 0.831. The molecule has 3 atom stereocenters. The molecule has 0 aromatic carbocycles. The molecule has 0 heterocycles. The van der Waals surface area contributed by atoms with Gasteiger partial charge in [0.05, 0.1) is 0 Å². The lowest BCUT2D eigenvalue weighted by molar-refractivity contribution is -0.141. The Morgan fingerprint density at radius 1 is 1.17 bits per heavy atom. The van der Waals surface area contributed by atoms with Crippen LogP contribution in [0.2, 0.25) is 0 Å². The molecular formula is C22H28O2. The Hall–Kier alpha value is -2.09. The van der Waals surface area contributed by atoms with Gasteiger partial charge in [0.15, 0.2) is 0 Å². The van der Waals surface area contributed by atoms with E-state index in [9.17, 15) is 4.79 Å².